The van der Waals surface area contributed by atoms with Gasteiger partial charge in [-0.1, -0.05) is 0 Å². The van der Waals surface area contributed by atoms with Gasteiger partial charge in [-0.15, -0.1) is 11.8 Å². The summed E-state index contributed by atoms with van der Waals surface area (Å²) in [7, 11) is -3.63. The summed E-state index contributed by atoms with van der Waals surface area (Å²) in [5, 5.41) is 2.80. The summed E-state index contributed by atoms with van der Waals surface area (Å²) in [5.74, 6) is 1.21. The van der Waals surface area contributed by atoms with E-state index in [0.717, 1.165) is 4.90 Å². The van der Waals surface area contributed by atoms with Crippen molar-refractivity contribution in [2.24, 2.45) is 0 Å². The molecule has 8 nitrogen and oxygen atoms in total. The molecule has 0 atom stereocenters. The van der Waals surface area contributed by atoms with Crippen LogP contribution in [0, 0.1) is 0 Å². The average molecular weight is 406 g/mol. The second-order valence-electron chi connectivity index (χ2n) is 6.24. The lowest BCUT2D eigenvalue weighted by molar-refractivity contribution is -0.115. The van der Waals surface area contributed by atoms with Crippen molar-refractivity contribution in [3.63, 3.8) is 0 Å². The van der Waals surface area contributed by atoms with Gasteiger partial charge in [0.2, 0.25) is 21.9 Å². The van der Waals surface area contributed by atoms with Crippen LogP contribution in [-0.4, -0.2) is 60.5 Å². The SMILES string of the molecule is O=C1CCSc2ccc(S(=O)(=O)N3CCN(c4ncccn4)CC3)cc2N1. The molecule has 2 aliphatic heterocycles. The fourth-order valence-corrected chi connectivity index (χ4v) is 5.48. The molecule has 0 aliphatic carbocycles. The van der Waals surface area contributed by atoms with Gasteiger partial charge in [0.1, 0.15) is 0 Å². The Hall–Kier alpha value is -2.17. The number of anilines is 2. The van der Waals surface area contributed by atoms with Crippen LogP contribution in [0.15, 0.2) is 46.5 Å². The number of aromatic nitrogens is 2. The molecule has 0 bridgehead atoms. The first kappa shape index (κ1) is 18.2. The number of amides is 1. The number of nitrogens with zero attached hydrogens (tertiary/aromatic N) is 4. The van der Waals surface area contributed by atoms with Crippen LogP contribution >= 0.6 is 11.8 Å². The standard InChI is InChI=1S/C17H19N5O3S2/c23-16-4-11-26-15-3-2-13(12-14(15)20-16)27(24,25)22-9-7-21(8-10-22)17-18-5-1-6-19-17/h1-3,5-6,12H,4,7-11H2,(H,20,23). The molecule has 2 aliphatic rings. The van der Waals surface area contributed by atoms with Crippen LogP contribution in [0.2, 0.25) is 0 Å². The van der Waals surface area contributed by atoms with Crippen LogP contribution in [0.1, 0.15) is 6.42 Å². The quantitative estimate of drug-likeness (QED) is 0.825. The van der Waals surface area contributed by atoms with Crippen molar-refractivity contribution < 1.29 is 13.2 Å². The number of nitrogens with one attached hydrogen (secondary N) is 1. The number of thioether (sulfide) groups is 1. The summed E-state index contributed by atoms with van der Waals surface area (Å²) in [5.41, 5.74) is 0.569. The fourth-order valence-electron chi connectivity index (χ4n) is 3.09. The summed E-state index contributed by atoms with van der Waals surface area (Å²) in [6, 6.07) is 6.70. The maximum Gasteiger partial charge on any atom is 0.243 e. The molecule has 142 valence electrons. The molecular weight excluding hydrogens is 386 g/mol. The number of fused-ring (bicyclic) bond motifs is 1. The number of hydrogen-bond acceptors (Lipinski definition) is 7. The molecule has 0 unspecified atom stereocenters. The van der Waals surface area contributed by atoms with Crippen molar-refractivity contribution in [1.29, 1.82) is 0 Å². The lowest BCUT2D eigenvalue weighted by Crippen LogP contribution is -2.49. The van der Waals surface area contributed by atoms with Crippen LogP contribution in [-0.2, 0) is 14.8 Å². The van der Waals surface area contributed by atoms with E-state index < -0.39 is 10.0 Å². The first-order chi connectivity index (χ1) is 13.0. The van der Waals surface area contributed by atoms with Gasteiger partial charge in [0.25, 0.3) is 0 Å². The van der Waals surface area contributed by atoms with Crippen molar-refractivity contribution in [2.75, 3.05) is 42.1 Å². The largest absolute Gasteiger partial charge is 0.338 e. The van der Waals surface area contributed by atoms with Crippen LogP contribution in [0.4, 0.5) is 11.6 Å². The molecule has 1 saturated heterocycles. The summed E-state index contributed by atoms with van der Waals surface area (Å²) in [6.07, 6.45) is 3.77. The average Bonchev–Trinajstić information content (AvgIpc) is 2.88. The summed E-state index contributed by atoms with van der Waals surface area (Å²) < 4.78 is 27.6. The second-order valence-corrected chi connectivity index (χ2v) is 9.32. The predicted octanol–water partition coefficient (Wildman–Crippen LogP) is 1.42. The number of hydrogen-bond donors (Lipinski definition) is 1. The molecule has 27 heavy (non-hydrogen) atoms. The highest BCUT2D eigenvalue weighted by atomic mass is 32.2. The molecule has 1 aromatic heterocycles. The zero-order valence-corrected chi connectivity index (χ0v) is 16.2. The Kier molecular flexibility index (Phi) is 5.02. The normalized spacial score (nSPS) is 18.5. The number of benzene rings is 1. The van der Waals surface area contributed by atoms with Gasteiger partial charge in [-0.3, -0.25) is 4.79 Å². The van der Waals surface area contributed by atoms with Crippen molar-refractivity contribution in [3.05, 3.63) is 36.7 Å². The molecule has 1 aromatic carbocycles. The number of rotatable bonds is 3. The van der Waals surface area contributed by atoms with Crippen molar-refractivity contribution in [1.82, 2.24) is 14.3 Å². The molecule has 2 aromatic rings. The Morgan fingerprint density at radius 1 is 1.07 bits per heavy atom. The maximum absolute atomic E-state index is 13.0. The Labute approximate surface area is 162 Å². The monoisotopic (exact) mass is 405 g/mol. The third-order valence-electron chi connectivity index (χ3n) is 4.52. The lowest BCUT2D eigenvalue weighted by atomic mass is 10.3. The van der Waals surface area contributed by atoms with Gasteiger partial charge in [-0.2, -0.15) is 4.31 Å². The van der Waals surface area contributed by atoms with Gasteiger partial charge < -0.3 is 10.2 Å². The highest BCUT2D eigenvalue weighted by Crippen LogP contribution is 2.33. The minimum absolute atomic E-state index is 0.0905. The van der Waals surface area contributed by atoms with E-state index in [4.69, 9.17) is 0 Å². The summed E-state index contributed by atoms with van der Waals surface area (Å²) in [4.78, 5) is 23.3. The fraction of sp³-hybridized carbons (Fsp3) is 0.353. The van der Waals surface area contributed by atoms with Gasteiger partial charge in [0.05, 0.1) is 10.6 Å². The topological polar surface area (TPSA) is 95.5 Å². The van der Waals surface area contributed by atoms with Crippen molar-refractivity contribution in [2.45, 2.75) is 16.2 Å². The Bertz CT molecular complexity index is 944. The molecule has 0 saturated carbocycles. The molecule has 10 heteroatoms. The first-order valence-electron chi connectivity index (χ1n) is 8.63. The van der Waals surface area contributed by atoms with Gasteiger partial charge in [0, 0.05) is 55.6 Å². The molecule has 1 fully saturated rings. The van der Waals surface area contributed by atoms with Gasteiger partial charge in [-0.25, -0.2) is 18.4 Å². The molecule has 4 rings (SSSR count). The third-order valence-corrected chi connectivity index (χ3v) is 7.49. The first-order valence-corrected chi connectivity index (χ1v) is 11.1. The summed E-state index contributed by atoms with van der Waals surface area (Å²) >= 11 is 1.55. The van der Waals surface area contributed by atoms with E-state index in [1.54, 1.807) is 48.4 Å². The molecule has 0 radical (unpaired) electrons. The number of sulfonamides is 1. The van der Waals surface area contributed by atoms with Crippen LogP contribution < -0.4 is 10.2 Å². The Morgan fingerprint density at radius 2 is 1.81 bits per heavy atom. The smallest absolute Gasteiger partial charge is 0.243 e. The Morgan fingerprint density at radius 3 is 2.56 bits per heavy atom. The molecular formula is C17H19N5O3S2. The predicted molar refractivity (Wildman–Crippen MR) is 103 cm³/mol. The van der Waals surface area contributed by atoms with Crippen LogP contribution in [0.3, 0.4) is 0 Å². The van der Waals surface area contributed by atoms with Crippen LogP contribution in [0.5, 0.6) is 0 Å². The minimum atomic E-state index is -3.63. The van der Waals surface area contributed by atoms with Gasteiger partial charge in [-0.05, 0) is 24.3 Å². The van der Waals surface area contributed by atoms with Crippen molar-refractivity contribution >= 4 is 39.3 Å². The molecule has 0 spiro atoms. The van der Waals surface area contributed by atoms with E-state index in [2.05, 4.69) is 15.3 Å². The number of carbonyl (C=O) groups is 1. The van der Waals surface area contributed by atoms with E-state index in [1.165, 1.54) is 4.31 Å². The molecule has 1 amide bonds. The minimum Gasteiger partial charge on any atom is -0.338 e. The number of carbonyl (C=O) groups excluding carboxylic acids is 1. The van der Waals surface area contributed by atoms with Crippen LogP contribution in [0.25, 0.3) is 0 Å². The van der Waals surface area contributed by atoms with E-state index in [1.807, 2.05) is 4.90 Å². The zero-order chi connectivity index (χ0) is 18.9. The zero-order valence-electron chi connectivity index (χ0n) is 14.5. The number of piperazine rings is 1. The lowest BCUT2D eigenvalue weighted by Gasteiger charge is -2.34. The maximum atomic E-state index is 13.0. The van der Waals surface area contributed by atoms with E-state index in [0.29, 0.717) is 50.0 Å². The van der Waals surface area contributed by atoms with E-state index in [-0.39, 0.29) is 10.8 Å². The summed E-state index contributed by atoms with van der Waals surface area (Å²) in [6.45, 7) is 1.78. The highest BCUT2D eigenvalue weighted by molar-refractivity contribution is 7.99. The third kappa shape index (κ3) is 3.78. The Balaban J connectivity index is 1.52. The molecule has 1 N–H and O–H groups in total. The molecule has 3 heterocycles. The van der Waals surface area contributed by atoms with Gasteiger partial charge in [0.15, 0.2) is 0 Å². The van der Waals surface area contributed by atoms with Gasteiger partial charge >= 0.3 is 0 Å². The van der Waals surface area contributed by atoms with Crippen molar-refractivity contribution in [3.8, 4) is 0 Å². The van der Waals surface area contributed by atoms with E-state index in [9.17, 15) is 13.2 Å². The highest BCUT2D eigenvalue weighted by Gasteiger charge is 2.30. The second kappa shape index (κ2) is 7.45. The van der Waals surface area contributed by atoms with E-state index >= 15 is 0 Å².